The first kappa shape index (κ1) is 16.9. The smallest absolute Gasteiger partial charge is 0.274 e. The van der Waals surface area contributed by atoms with Crippen LogP contribution in [0.2, 0.25) is 0 Å². The van der Waals surface area contributed by atoms with Gasteiger partial charge in [-0.1, -0.05) is 13.0 Å². The van der Waals surface area contributed by atoms with E-state index in [1.807, 2.05) is 41.6 Å². The summed E-state index contributed by atoms with van der Waals surface area (Å²) >= 11 is 1.52. The Kier molecular flexibility index (Phi) is 4.55. The van der Waals surface area contributed by atoms with E-state index in [4.69, 9.17) is 0 Å². The monoisotopic (exact) mass is 367 g/mol. The molecule has 1 saturated heterocycles. The predicted octanol–water partition coefficient (Wildman–Crippen LogP) is 3.74. The van der Waals surface area contributed by atoms with Crippen molar-refractivity contribution in [2.24, 2.45) is 5.92 Å². The number of likely N-dealkylation sites (tertiary alicyclic amines) is 1. The number of amides is 1. The Bertz CT molecular complexity index is 926. The van der Waals surface area contributed by atoms with Crippen LogP contribution in [-0.4, -0.2) is 38.8 Å². The van der Waals surface area contributed by atoms with Crippen LogP contribution >= 0.6 is 11.3 Å². The Morgan fingerprint density at radius 1 is 1.38 bits per heavy atom. The molecule has 1 amide bonds. The maximum atomic E-state index is 13.0. The minimum absolute atomic E-state index is 0.00119. The Morgan fingerprint density at radius 3 is 3.00 bits per heavy atom. The van der Waals surface area contributed by atoms with Gasteiger partial charge in [0.2, 0.25) is 5.95 Å². The van der Waals surface area contributed by atoms with Crippen molar-refractivity contribution < 1.29 is 4.79 Å². The van der Waals surface area contributed by atoms with Crippen LogP contribution in [0.5, 0.6) is 0 Å². The van der Waals surface area contributed by atoms with Gasteiger partial charge < -0.3 is 10.2 Å². The van der Waals surface area contributed by atoms with E-state index >= 15 is 0 Å². The molecule has 3 aromatic rings. The van der Waals surface area contributed by atoms with Crippen LogP contribution in [0.4, 0.5) is 5.95 Å². The predicted molar refractivity (Wildman–Crippen MR) is 103 cm³/mol. The minimum Gasteiger partial charge on any atom is -0.348 e. The fraction of sp³-hybridized carbons (Fsp3) is 0.368. The van der Waals surface area contributed by atoms with Crippen molar-refractivity contribution in [2.75, 3.05) is 18.4 Å². The summed E-state index contributed by atoms with van der Waals surface area (Å²) in [6, 6.07) is 5.84. The van der Waals surface area contributed by atoms with Gasteiger partial charge in [0.25, 0.3) is 5.91 Å². The van der Waals surface area contributed by atoms with Crippen molar-refractivity contribution in [3.05, 3.63) is 47.2 Å². The van der Waals surface area contributed by atoms with Crippen LogP contribution in [-0.2, 0) is 0 Å². The van der Waals surface area contributed by atoms with Gasteiger partial charge in [-0.25, -0.2) is 9.97 Å². The number of nitrogens with zero attached hydrogens (tertiary/aromatic N) is 4. The summed E-state index contributed by atoms with van der Waals surface area (Å²) in [5.74, 6) is 1.02. The van der Waals surface area contributed by atoms with Crippen molar-refractivity contribution in [3.8, 4) is 0 Å². The van der Waals surface area contributed by atoms with Gasteiger partial charge in [-0.15, -0.1) is 11.3 Å². The second kappa shape index (κ2) is 6.99. The van der Waals surface area contributed by atoms with E-state index in [0.717, 1.165) is 35.3 Å². The molecule has 134 valence electrons. The number of hydrogen-bond donors (Lipinski definition) is 1. The molecular weight excluding hydrogens is 346 g/mol. The van der Waals surface area contributed by atoms with Crippen LogP contribution < -0.4 is 5.32 Å². The summed E-state index contributed by atoms with van der Waals surface area (Å²) in [5.41, 5.74) is 2.35. The quantitative estimate of drug-likeness (QED) is 0.760. The van der Waals surface area contributed by atoms with Crippen molar-refractivity contribution in [1.82, 2.24) is 19.9 Å². The lowest BCUT2D eigenvalue weighted by molar-refractivity contribution is 0.0784. The normalized spacial score (nSPS) is 18.2. The van der Waals surface area contributed by atoms with Crippen molar-refractivity contribution >= 4 is 33.4 Å². The van der Waals surface area contributed by atoms with Crippen LogP contribution in [0.15, 0.2) is 36.0 Å². The molecule has 0 aliphatic carbocycles. The Hall–Kier alpha value is -2.54. The molecule has 3 aromatic heterocycles. The molecule has 26 heavy (non-hydrogen) atoms. The molecule has 6 nitrogen and oxygen atoms in total. The van der Waals surface area contributed by atoms with Crippen molar-refractivity contribution in [1.29, 1.82) is 0 Å². The minimum atomic E-state index is -0.00505. The van der Waals surface area contributed by atoms with Gasteiger partial charge in [0, 0.05) is 25.5 Å². The van der Waals surface area contributed by atoms with Gasteiger partial charge in [0.1, 0.15) is 0 Å². The van der Waals surface area contributed by atoms with Gasteiger partial charge in [0.05, 0.1) is 16.3 Å². The number of pyridine rings is 1. The van der Waals surface area contributed by atoms with Gasteiger partial charge in [-0.05, 0) is 42.3 Å². The Morgan fingerprint density at radius 2 is 2.27 bits per heavy atom. The Balaban J connectivity index is 1.65. The zero-order valence-electron chi connectivity index (χ0n) is 14.8. The molecule has 1 N–H and O–H groups in total. The highest BCUT2D eigenvalue weighted by Gasteiger charge is 2.27. The number of fused-ring (bicyclic) bond motifs is 1. The molecule has 0 radical (unpaired) electrons. The molecule has 2 atom stereocenters. The van der Waals surface area contributed by atoms with E-state index < -0.39 is 0 Å². The van der Waals surface area contributed by atoms with E-state index in [1.54, 1.807) is 6.20 Å². The van der Waals surface area contributed by atoms with Crippen LogP contribution in [0.25, 0.3) is 10.2 Å². The largest absolute Gasteiger partial charge is 0.348 e. The van der Waals surface area contributed by atoms with E-state index in [-0.39, 0.29) is 11.9 Å². The fourth-order valence-electron chi connectivity index (χ4n) is 3.25. The standard InChI is InChI=1S/C19H21N5OS/c1-12-5-8-24(11-12)18(25)16-17-15(6-9-26-17)22-19(23-16)21-13(2)14-4-3-7-20-10-14/h3-4,6-7,9-10,12-13H,5,8,11H2,1-2H3,(H,21,22,23). The fourth-order valence-corrected chi connectivity index (χ4v) is 4.06. The average Bonchev–Trinajstić information content (AvgIpc) is 3.30. The van der Waals surface area contributed by atoms with Crippen LogP contribution in [0.3, 0.4) is 0 Å². The number of aromatic nitrogens is 3. The van der Waals surface area contributed by atoms with Crippen molar-refractivity contribution in [3.63, 3.8) is 0 Å². The van der Waals surface area contributed by atoms with Crippen LogP contribution in [0, 0.1) is 5.92 Å². The molecule has 4 heterocycles. The molecule has 1 aliphatic heterocycles. The molecule has 1 fully saturated rings. The molecular formula is C19H21N5OS. The lowest BCUT2D eigenvalue weighted by Crippen LogP contribution is -2.29. The SMILES string of the molecule is CC1CCN(C(=O)c2nc(NC(C)c3cccnc3)nc3ccsc23)C1. The first-order valence-corrected chi connectivity index (χ1v) is 9.71. The first-order valence-electron chi connectivity index (χ1n) is 8.83. The summed E-state index contributed by atoms with van der Waals surface area (Å²) in [5, 5.41) is 5.26. The molecule has 4 rings (SSSR count). The molecule has 1 aliphatic rings. The average molecular weight is 367 g/mol. The second-order valence-electron chi connectivity index (χ2n) is 6.83. The Labute approximate surface area is 156 Å². The summed E-state index contributed by atoms with van der Waals surface area (Å²) in [6.07, 6.45) is 4.62. The highest BCUT2D eigenvalue weighted by Crippen LogP contribution is 2.27. The topological polar surface area (TPSA) is 71.0 Å². The summed E-state index contributed by atoms with van der Waals surface area (Å²) in [6.45, 7) is 5.80. The molecule has 0 aromatic carbocycles. The molecule has 0 bridgehead atoms. The van der Waals surface area contributed by atoms with E-state index in [9.17, 15) is 4.79 Å². The van der Waals surface area contributed by atoms with Gasteiger partial charge in [0.15, 0.2) is 5.69 Å². The van der Waals surface area contributed by atoms with E-state index in [0.29, 0.717) is 17.6 Å². The number of rotatable bonds is 4. The second-order valence-corrected chi connectivity index (χ2v) is 7.74. The third-order valence-corrected chi connectivity index (χ3v) is 5.66. The highest BCUT2D eigenvalue weighted by molar-refractivity contribution is 7.17. The molecule has 7 heteroatoms. The number of carbonyl (C=O) groups excluding carboxylic acids is 1. The summed E-state index contributed by atoms with van der Waals surface area (Å²) < 4.78 is 0.856. The maximum Gasteiger partial charge on any atom is 0.274 e. The molecule has 0 spiro atoms. The van der Waals surface area contributed by atoms with Gasteiger partial charge >= 0.3 is 0 Å². The molecule has 2 unspecified atom stereocenters. The third kappa shape index (κ3) is 3.26. The van der Waals surface area contributed by atoms with Crippen molar-refractivity contribution in [2.45, 2.75) is 26.3 Å². The number of nitrogens with one attached hydrogen (secondary N) is 1. The zero-order chi connectivity index (χ0) is 18.1. The molecule has 0 saturated carbocycles. The summed E-state index contributed by atoms with van der Waals surface area (Å²) in [4.78, 5) is 28.2. The number of carbonyl (C=O) groups is 1. The van der Waals surface area contributed by atoms with Crippen LogP contribution in [0.1, 0.15) is 42.4 Å². The highest BCUT2D eigenvalue weighted by atomic mass is 32.1. The number of thiophene rings is 1. The maximum absolute atomic E-state index is 13.0. The number of hydrogen-bond acceptors (Lipinski definition) is 6. The third-order valence-electron chi connectivity index (χ3n) is 4.75. The number of anilines is 1. The lowest BCUT2D eigenvalue weighted by Gasteiger charge is -2.18. The summed E-state index contributed by atoms with van der Waals surface area (Å²) in [7, 11) is 0. The van der Waals surface area contributed by atoms with E-state index in [2.05, 4.69) is 27.2 Å². The first-order chi connectivity index (χ1) is 12.6. The van der Waals surface area contributed by atoms with Gasteiger partial charge in [-0.3, -0.25) is 9.78 Å². The lowest BCUT2D eigenvalue weighted by atomic mass is 10.1. The zero-order valence-corrected chi connectivity index (χ0v) is 15.7. The van der Waals surface area contributed by atoms with Gasteiger partial charge in [-0.2, -0.15) is 0 Å². The van der Waals surface area contributed by atoms with E-state index in [1.165, 1.54) is 11.3 Å².